The van der Waals surface area contributed by atoms with Crippen LogP contribution in [-0.2, 0) is 16.6 Å². The third-order valence-electron chi connectivity index (χ3n) is 4.76. The topological polar surface area (TPSA) is 46.3 Å². The maximum atomic E-state index is 12.4. The van der Waals surface area contributed by atoms with Gasteiger partial charge >= 0.3 is 0 Å². The molecule has 2 rings (SSSR count). The molecule has 1 aliphatic heterocycles. The summed E-state index contributed by atoms with van der Waals surface area (Å²) in [7, 11) is 0. The summed E-state index contributed by atoms with van der Waals surface area (Å²) in [6, 6.07) is 9.02. The molecule has 1 aromatic carbocycles. The van der Waals surface area contributed by atoms with Crippen LogP contribution >= 0.6 is 0 Å². The number of nitrogens with two attached hydrogens (primary N) is 1. The average molecular weight is 302 g/mol. The van der Waals surface area contributed by atoms with E-state index in [-0.39, 0.29) is 11.3 Å². The van der Waals surface area contributed by atoms with Gasteiger partial charge in [-0.3, -0.25) is 4.79 Å². The van der Waals surface area contributed by atoms with Crippen molar-refractivity contribution in [2.75, 3.05) is 13.1 Å². The lowest BCUT2D eigenvalue weighted by Crippen LogP contribution is -2.34. The largest absolute Gasteiger partial charge is 0.340 e. The van der Waals surface area contributed by atoms with Crippen molar-refractivity contribution in [2.24, 2.45) is 11.7 Å². The first-order valence-electron chi connectivity index (χ1n) is 8.40. The molecule has 0 spiro atoms. The SMILES string of the molecule is CC1CC(CN)CN1C(=O)CCc1ccc(C(C)(C)C)cc1. The second kappa shape index (κ2) is 6.82. The van der Waals surface area contributed by atoms with Crippen LogP contribution in [0.3, 0.4) is 0 Å². The van der Waals surface area contributed by atoms with E-state index < -0.39 is 0 Å². The van der Waals surface area contributed by atoms with Gasteiger partial charge in [-0.15, -0.1) is 0 Å². The van der Waals surface area contributed by atoms with Gasteiger partial charge in [-0.25, -0.2) is 0 Å². The van der Waals surface area contributed by atoms with Crippen molar-refractivity contribution >= 4 is 5.91 Å². The van der Waals surface area contributed by atoms with Crippen LogP contribution in [0.2, 0.25) is 0 Å². The van der Waals surface area contributed by atoms with Crippen molar-refractivity contribution in [3.05, 3.63) is 35.4 Å². The Morgan fingerprint density at radius 3 is 2.41 bits per heavy atom. The number of nitrogens with zero attached hydrogens (tertiary/aromatic N) is 1. The maximum Gasteiger partial charge on any atom is 0.223 e. The zero-order valence-electron chi connectivity index (χ0n) is 14.4. The van der Waals surface area contributed by atoms with Crippen LogP contribution in [0.5, 0.6) is 0 Å². The van der Waals surface area contributed by atoms with E-state index >= 15 is 0 Å². The van der Waals surface area contributed by atoms with Crippen molar-refractivity contribution < 1.29 is 4.79 Å². The van der Waals surface area contributed by atoms with Gasteiger partial charge in [-0.2, -0.15) is 0 Å². The number of amides is 1. The standard InChI is InChI=1S/C19H30N2O/c1-14-11-16(12-20)13-21(14)18(22)10-7-15-5-8-17(9-6-15)19(2,3)4/h5-6,8-9,14,16H,7,10-13,20H2,1-4H3. The average Bonchev–Trinajstić information content (AvgIpc) is 2.85. The predicted molar refractivity (Wildman–Crippen MR) is 91.8 cm³/mol. The lowest BCUT2D eigenvalue weighted by molar-refractivity contribution is -0.131. The maximum absolute atomic E-state index is 12.4. The summed E-state index contributed by atoms with van der Waals surface area (Å²) < 4.78 is 0. The number of hydrogen-bond donors (Lipinski definition) is 1. The van der Waals surface area contributed by atoms with E-state index in [2.05, 4.69) is 52.0 Å². The molecule has 3 nitrogen and oxygen atoms in total. The van der Waals surface area contributed by atoms with Crippen molar-refractivity contribution in [3.63, 3.8) is 0 Å². The van der Waals surface area contributed by atoms with Gasteiger partial charge in [0.1, 0.15) is 0 Å². The van der Waals surface area contributed by atoms with Gasteiger partial charge in [0.05, 0.1) is 0 Å². The molecule has 0 aromatic heterocycles. The molecule has 0 saturated carbocycles. The Kier molecular flexibility index (Phi) is 5.28. The minimum absolute atomic E-state index is 0.177. The van der Waals surface area contributed by atoms with Gasteiger partial charge in [0, 0.05) is 19.0 Å². The smallest absolute Gasteiger partial charge is 0.223 e. The summed E-state index contributed by atoms with van der Waals surface area (Å²) in [6.07, 6.45) is 2.46. The van der Waals surface area contributed by atoms with Crippen molar-refractivity contribution in [2.45, 2.75) is 58.4 Å². The molecular weight excluding hydrogens is 272 g/mol. The molecule has 122 valence electrons. The predicted octanol–water partition coefficient (Wildman–Crippen LogP) is 3.11. The van der Waals surface area contributed by atoms with Crippen molar-refractivity contribution in [1.29, 1.82) is 0 Å². The molecule has 0 aliphatic carbocycles. The molecule has 3 heteroatoms. The van der Waals surface area contributed by atoms with Gasteiger partial charge in [0.25, 0.3) is 0 Å². The third kappa shape index (κ3) is 4.10. The number of carbonyl (C=O) groups excluding carboxylic acids is 1. The molecule has 1 saturated heterocycles. The number of carbonyl (C=O) groups is 1. The summed E-state index contributed by atoms with van der Waals surface area (Å²) >= 11 is 0. The highest BCUT2D eigenvalue weighted by Gasteiger charge is 2.31. The molecule has 1 aliphatic rings. The minimum Gasteiger partial charge on any atom is -0.340 e. The first-order valence-corrected chi connectivity index (χ1v) is 8.40. The Balaban J connectivity index is 1.89. The summed E-state index contributed by atoms with van der Waals surface area (Å²) in [5, 5.41) is 0. The fourth-order valence-electron chi connectivity index (χ4n) is 3.23. The Hall–Kier alpha value is -1.35. The normalized spacial score (nSPS) is 22.1. The fraction of sp³-hybridized carbons (Fsp3) is 0.632. The van der Waals surface area contributed by atoms with E-state index in [4.69, 9.17) is 5.73 Å². The van der Waals surface area contributed by atoms with E-state index in [1.165, 1.54) is 11.1 Å². The summed E-state index contributed by atoms with van der Waals surface area (Å²) in [6.45, 7) is 10.3. The molecule has 2 atom stereocenters. The highest BCUT2D eigenvalue weighted by atomic mass is 16.2. The number of aryl methyl sites for hydroxylation is 1. The lowest BCUT2D eigenvalue weighted by Gasteiger charge is -2.22. The van der Waals surface area contributed by atoms with E-state index in [1.54, 1.807) is 0 Å². The Morgan fingerprint density at radius 2 is 1.91 bits per heavy atom. The van der Waals surface area contributed by atoms with Gasteiger partial charge < -0.3 is 10.6 Å². The van der Waals surface area contributed by atoms with Crippen molar-refractivity contribution in [3.8, 4) is 0 Å². The van der Waals surface area contributed by atoms with E-state index in [0.29, 0.717) is 24.9 Å². The second-order valence-electron chi connectivity index (χ2n) is 7.68. The van der Waals surface area contributed by atoms with Crippen LogP contribution < -0.4 is 5.73 Å². The Labute approximate surface area is 134 Å². The Bertz CT molecular complexity index is 501. The van der Waals surface area contributed by atoms with Crippen LogP contribution in [0, 0.1) is 5.92 Å². The molecule has 1 heterocycles. The number of rotatable bonds is 4. The van der Waals surface area contributed by atoms with Crippen molar-refractivity contribution in [1.82, 2.24) is 4.90 Å². The first kappa shape index (κ1) is 17.0. The van der Waals surface area contributed by atoms with E-state index in [0.717, 1.165) is 19.4 Å². The zero-order chi connectivity index (χ0) is 16.3. The summed E-state index contributed by atoms with van der Waals surface area (Å²) in [5.74, 6) is 0.744. The molecule has 2 N–H and O–H groups in total. The fourth-order valence-corrected chi connectivity index (χ4v) is 3.23. The van der Waals surface area contributed by atoms with Crippen LogP contribution in [-0.4, -0.2) is 29.9 Å². The van der Waals surface area contributed by atoms with E-state index in [9.17, 15) is 4.79 Å². The third-order valence-corrected chi connectivity index (χ3v) is 4.76. The van der Waals surface area contributed by atoms with Gasteiger partial charge in [-0.1, -0.05) is 45.0 Å². The summed E-state index contributed by atoms with van der Waals surface area (Å²) in [4.78, 5) is 14.4. The van der Waals surface area contributed by atoms with Gasteiger partial charge in [0.15, 0.2) is 0 Å². The lowest BCUT2D eigenvalue weighted by atomic mass is 9.86. The van der Waals surface area contributed by atoms with Crippen LogP contribution in [0.1, 0.15) is 51.7 Å². The molecule has 1 fully saturated rings. The molecule has 1 amide bonds. The van der Waals surface area contributed by atoms with Crippen LogP contribution in [0.25, 0.3) is 0 Å². The van der Waals surface area contributed by atoms with E-state index in [1.807, 2.05) is 4.90 Å². The molecule has 22 heavy (non-hydrogen) atoms. The minimum atomic E-state index is 0.177. The van der Waals surface area contributed by atoms with Gasteiger partial charge in [0.2, 0.25) is 5.91 Å². The molecule has 0 bridgehead atoms. The van der Waals surface area contributed by atoms with Gasteiger partial charge in [-0.05, 0) is 48.8 Å². The first-order chi connectivity index (χ1) is 10.3. The highest BCUT2D eigenvalue weighted by molar-refractivity contribution is 5.77. The quantitative estimate of drug-likeness (QED) is 0.929. The molecule has 0 radical (unpaired) electrons. The number of hydrogen-bond acceptors (Lipinski definition) is 2. The highest BCUT2D eigenvalue weighted by Crippen LogP contribution is 2.24. The monoisotopic (exact) mass is 302 g/mol. The summed E-state index contributed by atoms with van der Waals surface area (Å²) in [5.41, 5.74) is 8.49. The molecule has 1 aromatic rings. The number of likely N-dealkylation sites (tertiary alicyclic amines) is 1. The molecule has 2 unspecified atom stereocenters. The van der Waals surface area contributed by atoms with Crippen LogP contribution in [0.15, 0.2) is 24.3 Å². The number of benzene rings is 1. The second-order valence-corrected chi connectivity index (χ2v) is 7.68. The zero-order valence-corrected chi connectivity index (χ0v) is 14.4. The van der Waals surface area contributed by atoms with Crippen LogP contribution in [0.4, 0.5) is 0 Å². The molecular formula is C19H30N2O. The Morgan fingerprint density at radius 1 is 1.27 bits per heavy atom.